The van der Waals surface area contributed by atoms with Crippen molar-refractivity contribution >= 4 is 11.8 Å². The third-order valence-corrected chi connectivity index (χ3v) is 3.20. The Kier molecular flexibility index (Phi) is 7.59. The van der Waals surface area contributed by atoms with Gasteiger partial charge in [-0.3, -0.25) is 9.59 Å². The molecule has 2 amide bonds. The average Bonchev–Trinajstić information content (AvgIpc) is 2.31. The van der Waals surface area contributed by atoms with Gasteiger partial charge >= 0.3 is 0 Å². The quantitative estimate of drug-likeness (QED) is 0.638. The van der Waals surface area contributed by atoms with Gasteiger partial charge in [-0.25, -0.2) is 0 Å². The standard InChI is InChI=1S/C13H26N2O2/c1-5-7-8-13(4,6-2)12(17)15-10-9-14-11(3)16/h5-10H2,1-4H3,(H,14,16)(H,15,17). The van der Waals surface area contributed by atoms with Crippen molar-refractivity contribution < 1.29 is 9.59 Å². The van der Waals surface area contributed by atoms with Crippen molar-refractivity contribution in [2.24, 2.45) is 5.41 Å². The Morgan fingerprint density at radius 2 is 1.71 bits per heavy atom. The molecule has 0 aliphatic rings. The summed E-state index contributed by atoms with van der Waals surface area (Å²) in [5.41, 5.74) is -0.272. The second-order valence-corrected chi connectivity index (χ2v) is 4.76. The zero-order chi connectivity index (χ0) is 13.3. The monoisotopic (exact) mass is 242 g/mol. The highest BCUT2D eigenvalue weighted by atomic mass is 16.2. The molecule has 0 aliphatic carbocycles. The summed E-state index contributed by atoms with van der Waals surface area (Å²) in [5.74, 6) is 0.0299. The van der Waals surface area contributed by atoms with Crippen LogP contribution in [0.3, 0.4) is 0 Å². The second kappa shape index (κ2) is 8.09. The molecule has 0 aromatic carbocycles. The molecule has 0 bridgehead atoms. The SMILES string of the molecule is CCCCC(C)(CC)C(=O)NCCNC(C)=O. The first-order valence-corrected chi connectivity index (χ1v) is 6.49. The van der Waals surface area contributed by atoms with E-state index in [2.05, 4.69) is 17.6 Å². The zero-order valence-corrected chi connectivity index (χ0v) is 11.6. The summed E-state index contributed by atoms with van der Waals surface area (Å²) in [5, 5.41) is 5.54. The van der Waals surface area contributed by atoms with Crippen molar-refractivity contribution in [3.63, 3.8) is 0 Å². The van der Waals surface area contributed by atoms with Crippen LogP contribution < -0.4 is 10.6 Å². The highest BCUT2D eigenvalue weighted by Gasteiger charge is 2.29. The van der Waals surface area contributed by atoms with Crippen LogP contribution in [0.25, 0.3) is 0 Å². The van der Waals surface area contributed by atoms with Crippen LogP contribution in [0.4, 0.5) is 0 Å². The molecule has 17 heavy (non-hydrogen) atoms. The van der Waals surface area contributed by atoms with Gasteiger partial charge in [-0.15, -0.1) is 0 Å². The van der Waals surface area contributed by atoms with Gasteiger partial charge in [0.1, 0.15) is 0 Å². The van der Waals surface area contributed by atoms with Crippen LogP contribution in [-0.4, -0.2) is 24.9 Å². The van der Waals surface area contributed by atoms with Crippen LogP contribution >= 0.6 is 0 Å². The Balaban J connectivity index is 4.02. The molecule has 0 radical (unpaired) electrons. The van der Waals surface area contributed by atoms with Crippen LogP contribution in [0.1, 0.15) is 53.4 Å². The van der Waals surface area contributed by atoms with Crippen LogP contribution in [0.2, 0.25) is 0 Å². The van der Waals surface area contributed by atoms with Gasteiger partial charge in [0.2, 0.25) is 11.8 Å². The highest BCUT2D eigenvalue weighted by Crippen LogP contribution is 2.28. The highest BCUT2D eigenvalue weighted by molar-refractivity contribution is 5.82. The van der Waals surface area contributed by atoms with Gasteiger partial charge < -0.3 is 10.6 Å². The fraction of sp³-hybridized carbons (Fsp3) is 0.846. The van der Waals surface area contributed by atoms with Crippen LogP contribution in [0, 0.1) is 5.41 Å². The van der Waals surface area contributed by atoms with Crippen molar-refractivity contribution in [1.82, 2.24) is 10.6 Å². The van der Waals surface area contributed by atoms with E-state index in [0.29, 0.717) is 13.1 Å². The molecule has 4 heteroatoms. The largest absolute Gasteiger partial charge is 0.355 e. The van der Waals surface area contributed by atoms with E-state index in [4.69, 9.17) is 0 Å². The second-order valence-electron chi connectivity index (χ2n) is 4.76. The third-order valence-electron chi connectivity index (χ3n) is 3.20. The predicted octanol–water partition coefficient (Wildman–Crippen LogP) is 1.85. The molecule has 4 nitrogen and oxygen atoms in total. The van der Waals surface area contributed by atoms with E-state index in [0.717, 1.165) is 25.7 Å². The molecule has 100 valence electrons. The summed E-state index contributed by atoms with van der Waals surface area (Å²) in [6.07, 6.45) is 3.95. The molecule has 0 aromatic rings. The van der Waals surface area contributed by atoms with Gasteiger partial charge in [-0.05, 0) is 12.8 Å². The number of nitrogens with one attached hydrogen (secondary N) is 2. The molecule has 0 fully saturated rings. The molecule has 1 unspecified atom stereocenters. The van der Waals surface area contributed by atoms with Gasteiger partial charge in [0.25, 0.3) is 0 Å². The van der Waals surface area contributed by atoms with Gasteiger partial charge in [0, 0.05) is 25.4 Å². The minimum absolute atomic E-state index is 0.0662. The molecule has 0 saturated carbocycles. The molecule has 0 rings (SSSR count). The first-order valence-electron chi connectivity index (χ1n) is 6.49. The van der Waals surface area contributed by atoms with Crippen LogP contribution in [0.5, 0.6) is 0 Å². The van der Waals surface area contributed by atoms with Gasteiger partial charge in [-0.2, -0.15) is 0 Å². The third kappa shape index (κ3) is 6.29. The maximum absolute atomic E-state index is 12.0. The first-order chi connectivity index (χ1) is 7.96. The Morgan fingerprint density at radius 3 is 2.18 bits per heavy atom. The Labute approximate surface area is 105 Å². The van der Waals surface area contributed by atoms with Crippen molar-refractivity contribution in [3.8, 4) is 0 Å². The topological polar surface area (TPSA) is 58.2 Å². The number of unbranched alkanes of at least 4 members (excludes halogenated alkanes) is 1. The molecule has 0 aromatic heterocycles. The number of rotatable bonds is 8. The lowest BCUT2D eigenvalue weighted by Crippen LogP contribution is -2.42. The minimum atomic E-state index is -0.272. The van der Waals surface area contributed by atoms with Gasteiger partial charge in [0.15, 0.2) is 0 Å². The number of carbonyl (C=O) groups excluding carboxylic acids is 2. The molecule has 0 saturated heterocycles. The lowest BCUT2D eigenvalue weighted by Gasteiger charge is -2.26. The number of carbonyl (C=O) groups is 2. The van der Waals surface area contributed by atoms with Crippen molar-refractivity contribution in [3.05, 3.63) is 0 Å². The Morgan fingerprint density at radius 1 is 1.12 bits per heavy atom. The van der Waals surface area contributed by atoms with E-state index in [-0.39, 0.29) is 17.2 Å². The number of amides is 2. The number of hydrogen-bond acceptors (Lipinski definition) is 2. The van der Waals surface area contributed by atoms with Crippen LogP contribution in [-0.2, 0) is 9.59 Å². The molecule has 1 atom stereocenters. The summed E-state index contributed by atoms with van der Waals surface area (Å²) >= 11 is 0. The van der Waals surface area contributed by atoms with E-state index < -0.39 is 0 Å². The van der Waals surface area contributed by atoms with Gasteiger partial charge in [0.05, 0.1) is 0 Å². The smallest absolute Gasteiger partial charge is 0.225 e. The van der Waals surface area contributed by atoms with E-state index in [1.54, 1.807) is 0 Å². The first kappa shape index (κ1) is 15.9. The maximum atomic E-state index is 12.0. The fourth-order valence-electron chi connectivity index (χ4n) is 1.65. The fourth-order valence-corrected chi connectivity index (χ4v) is 1.65. The normalized spacial score (nSPS) is 13.9. The molecule has 0 aliphatic heterocycles. The van der Waals surface area contributed by atoms with E-state index >= 15 is 0 Å². The van der Waals surface area contributed by atoms with Gasteiger partial charge in [-0.1, -0.05) is 33.6 Å². The zero-order valence-electron chi connectivity index (χ0n) is 11.6. The minimum Gasteiger partial charge on any atom is -0.355 e. The summed E-state index contributed by atoms with van der Waals surface area (Å²) in [6, 6.07) is 0. The van der Waals surface area contributed by atoms with E-state index in [1.165, 1.54) is 6.92 Å². The lowest BCUT2D eigenvalue weighted by molar-refractivity contribution is -0.131. The summed E-state index contributed by atoms with van der Waals surface area (Å²) in [6.45, 7) is 8.65. The summed E-state index contributed by atoms with van der Waals surface area (Å²) in [7, 11) is 0. The number of hydrogen-bond donors (Lipinski definition) is 2. The van der Waals surface area contributed by atoms with E-state index in [9.17, 15) is 9.59 Å². The maximum Gasteiger partial charge on any atom is 0.225 e. The summed E-state index contributed by atoms with van der Waals surface area (Å²) < 4.78 is 0. The van der Waals surface area contributed by atoms with E-state index in [1.807, 2.05) is 13.8 Å². The van der Waals surface area contributed by atoms with Crippen molar-refractivity contribution in [2.45, 2.75) is 53.4 Å². The average molecular weight is 242 g/mol. The summed E-state index contributed by atoms with van der Waals surface area (Å²) in [4.78, 5) is 22.7. The van der Waals surface area contributed by atoms with Crippen LogP contribution in [0.15, 0.2) is 0 Å². The lowest BCUT2D eigenvalue weighted by atomic mass is 9.81. The molecular formula is C13H26N2O2. The molecular weight excluding hydrogens is 216 g/mol. The van der Waals surface area contributed by atoms with Crippen molar-refractivity contribution in [2.75, 3.05) is 13.1 Å². The predicted molar refractivity (Wildman–Crippen MR) is 69.6 cm³/mol. The Bertz CT molecular complexity index is 254. The Hall–Kier alpha value is -1.06. The molecule has 2 N–H and O–H groups in total. The molecule has 0 heterocycles. The van der Waals surface area contributed by atoms with Crippen molar-refractivity contribution in [1.29, 1.82) is 0 Å². The molecule has 0 spiro atoms.